The number of alkyl halides is 3. The molecule has 0 amide bonds. The van der Waals surface area contributed by atoms with E-state index in [-0.39, 0.29) is 11.8 Å². The van der Waals surface area contributed by atoms with Gasteiger partial charge in [-0.1, -0.05) is 18.0 Å². The quantitative estimate of drug-likeness (QED) is 0.928. The van der Waals surface area contributed by atoms with E-state index >= 15 is 0 Å². The number of pyridine rings is 1. The molecule has 9 heteroatoms. The molecule has 1 fully saturated rings. The van der Waals surface area contributed by atoms with Crippen LogP contribution in [0.5, 0.6) is 5.88 Å². The van der Waals surface area contributed by atoms with Gasteiger partial charge in [-0.15, -0.1) is 0 Å². The minimum Gasteiger partial charge on any atom is -0.468 e. The second-order valence-corrected chi connectivity index (χ2v) is 5.58. The van der Waals surface area contributed by atoms with Crippen molar-refractivity contribution in [3.63, 3.8) is 0 Å². The molecule has 0 atom stereocenters. The lowest BCUT2D eigenvalue weighted by Crippen LogP contribution is -2.34. The Bertz CT molecular complexity index is 663. The Balaban J connectivity index is 1.71. The average Bonchev–Trinajstić information content (AvgIpc) is 3.15. The summed E-state index contributed by atoms with van der Waals surface area (Å²) >= 11 is 0. The van der Waals surface area contributed by atoms with Gasteiger partial charge in [-0.25, -0.2) is 4.98 Å². The van der Waals surface area contributed by atoms with Crippen LogP contribution in [0.4, 0.5) is 13.2 Å². The summed E-state index contributed by atoms with van der Waals surface area (Å²) in [5.74, 6) is 0.547. The summed E-state index contributed by atoms with van der Waals surface area (Å²) in [6.45, 7) is -1.39. The van der Waals surface area contributed by atoms with Crippen molar-refractivity contribution in [3.05, 3.63) is 24.2 Å². The van der Waals surface area contributed by atoms with Gasteiger partial charge in [0.2, 0.25) is 5.88 Å². The van der Waals surface area contributed by atoms with Gasteiger partial charge in [-0.3, -0.25) is 0 Å². The maximum atomic E-state index is 12.1. The molecular formula is C14H15F3N4O2. The molecule has 1 aliphatic carbocycles. The molecule has 23 heavy (non-hydrogen) atoms. The number of ether oxygens (including phenoxy) is 1. The van der Waals surface area contributed by atoms with Crippen molar-refractivity contribution in [2.24, 2.45) is 5.73 Å². The fraction of sp³-hybridized carbons (Fsp3) is 0.500. The molecule has 2 heterocycles. The first-order valence-electron chi connectivity index (χ1n) is 7.15. The van der Waals surface area contributed by atoms with Gasteiger partial charge in [-0.05, 0) is 18.9 Å². The highest BCUT2D eigenvalue weighted by atomic mass is 19.4. The lowest BCUT2D eigenvalue weighted by Gasteiger charge is -2.17. The van der Waals surface area contributed by atoms with Crippen LogP contribution in [0.1, 0.15) is 31.5 Å². The lowest BCUT2D eigenvalue weighted by molar-refractivity contribution is -0.154. The van der Waals surface area contributed by atoms with Crippen LogP contribution >= 0.6 is 0 Å². The maximum absolute atomic E-state index is 12.1. The Kier molecular flexibility index (Phi) is 3.97. The van der Waals surface area contributed by atoms with E-state index in [0.717, 1.165) is 25.7 Å². The molecule has 6 nitrogen and oxygen atoms in total. The van der Waals surface area contributed by atoms with Crippen LogP contribution in [0.2, 0.25) is 0 Å². The van der Waals surface area contributed by atoms with E-state index in [2.05, 4.69) is 19.9 Å². The van der Waals surface area contributed by atoms with Crippen LogP contribution in [0, 0.1) is 0 Å². The van der Waals surface area contributed by atoms with E-state index in [1.54, 1.807) is 0 Å². The number of hydrogen-bond acceptors (Lipinski definition) is 6. The van der Waals surface area contributed by atoms with Crippen LogP contribution in [-0.2, 0) is 5.54 Å². The minimum absolute atomic E-state index is 0.128. The van der Waals surface area contributed by atoms with E-state index < -0.39 is 18.3 Å². The Morgan fingerprint density at radius 1 is 1.26 bits per heavy atom. The Hall–Kier alpha value is -2.16. The van der Waals surface area contributed by atoms with Gasteiger partial charge >= 0.3 is 6.18 Å². The largest absolute Gasteiger partial charge is 0.468 e. The first kappa shape index (κ1) is 15.7. The molecule has 0 aliphatic heterocycles. The maximum Gasteiger partial charge on any atom is 0.422 e. The molecule has 0 aromatic carbocycles. The first-order chi connectivity index (χ1) is 10.9. The average molecular weight is 328 g/mol. The number of hydrogen-bond donors (Lipinski definition) is 1. The fourth-order valence-electron chi connectivity index (χ4n) is 2.52. The van der Waals surface area contributed by atoms with Gasteiger partial charge in [0.1, 0.15) is 0 Å². The minimum atomic E-state index is -4.40. The molecule has 0 saturated heterocycles. The van der Waals surface area contributed by atoms with Crippen LogP contribution in [-0.4, -0.2) is 27.9 Å². The number of aromatic nitrogens is 3. The number of rotatable bonds is 4. The number of nitrogens with two attached hydrogens (primary N) is 1. The third-order valence-corrected chi connectivity index (χ3v) is 3.73. The molecule has 0 spiro atoms. The number of nitrogens with zero attached hydrogens (tertiary/aromatic N) is 3. The molecule has 0 radical (unpaired) electrons. The molecule has 2 aromatic heterocycles. The third kappa shape index (κ3) is 3.61. The van der Waals surface area contributed by atoms with Crippen molar-refractivity contribution in [1.29, 1.82) is 0 Å². The lowest BCUT2D eigenvalue weighted by atomic mass is 9.99. The molecule has 0 unspecified atom stereocenters. The van der Waals surface area contributed by atoms with Crippen molar-refractivity contribution in [2.45, 2.75) is 37.4 Å². The standard InChI is InChI=1S/C14H15F3N4O2/c15-14(16,17)8-22-10-4-3-9(7-19-10)11-20-12(21-23-11)13(18)5-1-2-6-13/h3-4,7H,1-2,5-6,8,18H2. The summed E-state index contributed by atoms with van der Waals surface area (Å²) in [7, 11) is 0. The van der Waals surface area contributed by atoms with Gasteiger partial charge in [0, 0.05) is 12.3 Å². The van der Waals surface area contributed by atoms with Gasteiger partial charge in [0.25, 0.3) is 5.89 Å². The summed E-state index contributed by atoms with van der Waals surface area (Å²) in [4.78, 5) is 8.09. The van der Waals surface area contributed by atoms with Gasteiger partial charge in [-0.2, -0.15) is 18.2 Å². The Morgan fingerprint density at radius 2 is 2.00 bits per heavy atom. The van der Waals surface area contributed by atoms with Crippen molar-refractivity contribution >= 4 is 0 Å². The fourth-order valence-corrected chi connectivity index (χ4v) is 2.52. The summed E-state index contributed by atoms with van der Waals surface area (Å²) in [6.07, 6.45) is 0.558. The summed E-state index contributed by atoms with van der Waals surface area (Å²) in [5.41, 5.74) is 6.17. The van der Waals surface area contributed by atoms with Gasteiger partial charge in [0.15, 0.2) is 12.4 Å². The van der Waals surface area contributed by atoms with Crippen LogP contribution in [0.3, 0.4) is 0 Å². The highest BCUT2D eigenvalue weighted by molar-refractivity contribution is 5.51. The molecule has 3 rings (SSSR count). The monoisotopic (exact) mass is 328 g/mol. The number of halogens is 3. The topological polar surface area (TPSA) is 87.1 Å². The summed E-state index contributed by atoms with van der Waals surface area (Å²) in [6, 6.07) is 2.83. The zero-order valence-corrected chi connectivity index (χ0v) is 12.1. The van der Waals surface area contributed by atoms with E-state index in [4.69, 9.17) is 10.3 Å². The molecule has 0 bridgehead atoms. The Labute approximate surface area is 129 Å². The van der Waals surface area contributed by atoms with Crippen molar-refractivity contribution in [3.8, 4) is 17.3 Å². The smallest absolute Gasteiger partial charge is 0.422 e. The zero-order chi connectivity index (χ0) is 16.5. The summed E-state index contributed by atoms with van der Waals surface area (Å²) < 4.78 is 45.9. The normalized spacial score (nSPS) is 17.4. The molecule has 2 N–H and O–H groups in total. The van der Waals surface area contributed by atoms with Crippen molar-refractivity contribution < 1.29 is 22.4 Å². The molecular weight excluding hydrogens is 313 g/mol. The third-order valence-electron chi connectivity index (χ3n) is 3.73. The predicted molar refractivity (Wildman–Crippen MR) is 73.4 cm³/mol. The summed E-state index contributed by atoms with van der Waals surface area (Å²) in [5, 5.41) is 3.92. The van der Waals surface area contributed by atoms with Gasteiger partial charge in [0.05, 0.1) is 11.1 Å². The van der Waals surface area contributed by atoms with E-state index in [9.17, 15) is 13.2 Å². The second-order valence-electron chi connectivity index (χ2n) is 5.58. The van der Waals surface area contributed by atoms with E-state index in [1.165, 1.54) is 18.3 Å². The first-order valence-corrected chi connectivity index (χ1v) is 7.15. The molecule has 1 aliphatic rings. The molecule has 124 valence electrons. The highest BCUT2D eigenvalue weighted by Gasteiger charge is 2.36. The zero-order valence-electron chi connectivity index (χ0n) is 12.1. The van der Waals surface area contributed by atoms with Gasteiger partial charge < -0.3 is 15.0 Å². The highest BCUT2D eigenvalue weighted by Crippen LogP contribution is 2.35. The predicted octanol–water partition coefficient (Wildman–Crippen LogP) is 2.80. The van der Waals surface area contributed by atoms with Crippen molar-refractivity contribution in [1.82, 2.24) is 15.1 Å². The Morgan fingerprint density at radius 3 is 2.61 bits per heavy atom. The molecule has 2 aromatic rings. The van der Waals surface area contributed by atoms with Crippen molar-refractivity contribution in [2.75, 3.05) is 6.61 Å². The second kappa shape index (κ2) is 5.80. The van der Waals surface area contributed by atoms with Crippen LogP contribution in [0.15, 0.2) is 22.9 Å². The van der Waals surface area contributed by atoms with E-state index in [0.29, 0.717) is 11.4 Å². The van der Waals surface area contributed by atoms with Crippen LogP contribution in [0.25, 0.3) is 11.5 Å². The molecule has 1 saturated carbocycles. The van der Waals surface area contributed by atoms with E-state index in [1.807, 2.05) is 0 Å². The SMILES string of the molecule is NC1(c2noc(-c3ccc(OCC(F)(F)F)nc3)n2)CCCC1. The van der Waals surface area contributed by atoms with Crippen LogP contribution < -0.4 is 10.5 Å².